The minimum absolute atomic E-state index is 0.196. The minimum atomic E-state index is -0.375. The lowest BCUT2D eigenvalue weighted by atomic mass is 10.1. The second kappa shape index (κ2) is 7.40. The summed E-state index contributed by atoms with van der Waals surface area (Å²) in [4.78, 5) is 27.0. The zero-order chi connectivity index (χ0) is 17.1. The lowest BCUT2D eigenvalue weighted by molar-refractivity contribution is 0.0601. The van der Waals surface area contributed by atoms with Gasteiger partial charge in [0.2, 0.25) is 0 Å². The molecular formula is C18H19NO3S2. The molecule has 0 unspecified atom stereocenters. The molecule has 24 heavy (non-hydrogen) atoms. The van der Waals surface area contributed by atoms with Gasteiger partial charge in [0.25, 0.3) is 5.91 Å². The first-order valence-corrected chi connectivity index (χ1v) is 9.71. The van der Waals surface area contributed by atoms with E-state index in [2.05, 4.69) is 12.2 Å². The normalized spacial score (nSPS) is 12.8. The maximum absolute atomic E-state index is 12.6. The lowest BCUT2D eigenvalue weighted by Gasteiger charge is -2.08. The van der Waals surface area contributed by atoms with Crippen molar-refractivity contribution in [3.05, 3.63) is 45.8 Å². The number of benzene rings is 1. The number of carbonyl (C=O) groups excluding carboxylic acids is 2. The largest absolute Gasteiger partial charge is 0.465 e. The first kappa shape index (κ1) is 17.0. The molecule has 3 rings (SSSR count). The molecule has 0 aliphatic heterocycles. The number of ether oxygens (including phenoxy) is 1. The molecule has 1 N–H and O–H groups in total. The highest BCUT2D eigenvalue weighted by Gasteiger charge is 2.28. The number of thioether (sulfide) groups is 1. The fourth-order valence-electron chi connectivity index (χ4n) is 2.88. The third kappa shape index (κ3) is 3.35. The number of amides is 1. The average molecular weight is 361 g/mol. The Labute approximate surface area is 149 Å². The van der Waals surface area contributed by atoms with E-state index in [9.17, 15) is 9.59 Å². The van der Waals surface area contributed by atoms with Gasteiger partial charge in [-0.2, -0.15) is 0 Å². The van der Waals surface area contributed by atoms with Crippen molar-refractivity contribution in [1.29, 1.82) is 0 Å². The Morgan fingerprint density at radius 2 is 2.17 bits per heavy atom. The third-order valence-corrected chi connectivity index (χ3v) is 6.03. The molecular weight excluding hydrogens is 342 g/mol. The SMILES string of the molecule is CCSc1cccc(C(=O)Nc2sc3c(c2C(=O)OC)CCC3)c1. The highest BCUT2D eigenvalue weighted by Crippen LogP contribution is 2.39. The van der Waals surface area contributed by atoms with Gasteiger partial charge in [-0.3, -0.25) is 4.79 Å². The van der Waals surface area contributed by atoms with Crippen molar-refractivity contribution in [2.45, 2.75) is 31.1 Å². The number of hydrogen-bond acceptors (Lipinski definition) is 5. The zero-order valence-corrected chi connectivity index (χ0v) is 15.3. The van der Waals surface area contributed by atoms with Crippen LogP contribution in [-0.2, 0) is 17.6 Å². The summed E-state index contributed by atoms with van der Waals surface area (Å²) in [5, 5.41) is 3.51. The van der Waals surface area contributed by atoms with Crippen LogP contribution >= 0.6 is 23.1 Å². The van der Waals surface area contributed by atoms with E-state index in [1.165, 1.54) is 23.3 Å². The van der Waals surface area contributed by atoms with Gasteiger partial charge in [-0.05, 0) is 48.8 Å². The molecule has 1 heterocycles. The minimum Gasteiger partial charge on any atom is -0.465 e. The number of thiophene rings is 1. The van der Waals surface area contributed by atoms with Crippen molar-refractivity contribution in [3.8, 4) is 0 Å². The first-order chi connectivity index (χ1) is 11.6. The Morgan fingerprint density at radius 1 is 1.33 bits per heavy atom. The predicted molar refractivity (Wildman–Crippen MR) is 98.5 cm³/mol. The summed E-state index contributed by atoms with van der Waals surface area (Å²) in [6, 6.07) is 7.53. The lowest BCUT2D eigenvalue weighted by Crippen LogP contribution is -2.14. The van der Waals surface area contributed by atoms with Crippen molar-refractivity contribution in [3.63, 3.8) is 0 Å². The number of fused-ring (bicyclic) bond motifs is 1. The standard InChI is InChI=1S/C18H19NO3S2/c1-3-23-12-7-4-6-11(10-12)16(20)19-17-15(18(21)22-2)13-8-5-9-14(13)24-17/h4,6-7,10H,3,5,8-9H2,1-2H3,(H,19,20). The molecule has 6 heteroatoms. The van der Waals surface area contributed by atoms with Crippen LogP contribution in [-0.4, -0.2) is 24.7 Å². The molecule has 2 aromatic rings. The van der Waals surface area contributed by atoms with E-state index >= 15 is 0 Å². The molecule has 126 valence electrons. The van der Waals surface area contributed by atoms with E-state index in [0.29, 0.717) is 16.1 Å². The van der Waals surface area contributed by atoms with Crippen LogP contribution in [0, 0.1) is 0 Å². The van der Waals surface area contributed by atoms with Gasteiger partial charge in [0.05, 0.1) is 12.7 Å². The smallest absolute Gasteiger partial charge is 0.341 e. The van der Waals surface area contributed by atoms with Crippen molar-refractivity contribution in [2.24, 2.45) is 0 Å². The van der Waals surface area contributed by atoms with Crippen LogP contribution in [0.5, 0.6) is 0 Å². The molecule has 0 radical (unpaired) electrons. The molecule has 0 saturated carbocycles. The van der Waals surface area contributed by atoms with Crippen LogP contribution in [0.1, 0.15) is 44.5 Å². The highest BCUT2D eigenvalue weighted by atomic mass is 32.2. The zero-order valence-electron chi connectivity index (χ0n) is 13.7. The second-order valence-corrected chi connectivity index (χ2v) is 7.91. The first-order valence-electron chi connectivity index (χ1n) is 7.91. The fraction of sp³-hybridized carbons (Fsp3) is 0.333. The number of rotatable bonds is 5. The van der Waals surface area contributed by atoms with Crippen LogP contribution in [0.4, 0.5) is 5.00 Å². The summed E-state index contributed by atoms with van der Waals surface area (Å²) in [5.74, 6) is 0.383. The number of methoxy groups -OCH3 is 1. The number of anilines is 1. The molecule has 1 aliphatic rings. The summed E-state index contributed by atoms with van der Waals surface area (Å²) in [7, 11) is 1.37. The highest BCUT2D eigenvalue weighted by molar-refractivity contribution is 7.99. The van der Waals surface area contributed by atoms with Crippen molar-refractivity contribution in [1.82, 2.24) is 0 Å². The maximum atomic E-state index is 12.6. The van der Waals surface area contributed by atoms with Crippen LogP contribution in [0.3, 0.4) is 0 Å². The van der Waals surface area contributed by atoms with Crippen LogP contribution in [0.15, 0.2) is 29.2 Å². The fourth-order valence-corrected chi connectivity index (χ4v) is 4.87. The summed E-state index contributed by atoms with van der Waals surface area (Å²) in [6.07, 6.45) is 2.88. The van der Waals surface area contributed by atoms with Crippen LogP contribution in [0.2, 0.25) is 0 Å². The molecule has 4 nitrogen and oxygen atoms in total. The van der Waals surface area contributed by atoms with Gasteiger partial charge in [0.15, 0.2) is 0 Å². The van der Waals surface area contributed by atoms with Gasteiger partial charge in [0.1, 0.15) is 5.00 Å². The van der Waals surface area contributed by atoms with Gasteiger partial charge >= 0.3 is 5.97 Å². The number of hydrogen-bond donors (Lipinski definition) is 1. The monoisotopic (exact) mass is 361 g/mol. The Kier molecular flexibility index (Phi) is 5.26. The molecule has 0 atom stereocenters. The summed E-state index contributed by atoms with van der Waals surface area (Å²) in [5.41, 5.74) is 2.16. The van der Waals surface area contributed by atoms with Crippen LogP contribution < -0.4 is 5.32 Å². The number of nitrogens with one attached hydrogen (secondary N) is 1. The molecule has 1 aliphatic carbocycles. The number of aryl methyl sites for hydroxylation is 1. The molecule has 1 amide bonds. The third-order valence-electron chi connectivity index (χ3n) is 3.95. The van der Waals surface area contributed by atoms with E-state index < -0.39 is 0 Å². The van der Waals surface area contributed by atoms with E-state index in [4.69, 9.17) is 4.74 Å². The van der Waals surface area contributed by atoms with E-state index in [0.717, 1.165) is 35.5 Å². The Balaban J connectivity index is 1.87. The van der Waals surface area contributed by atoms with Gasteiger partial charge < -0.3 is 10.1 Å². The molecule has 0 fully saturated rings. The van der Waals surface area contributed by atoms with E-state index in [1.807, 2.05) is 18.2 Å². The second-order valence-electron chi connectivity index (χ2n) is 5.47. The number of carbonyl (C=O) groups is 2. The molecule has 1 aromatic heterocycles. The summed E-state index contributed by atoms with van der Waals surface area (Å²) in [6.45, 7) is 2.08. The van der Waals surface area contributed by atoms with E-state index in [1.54, 1.807) is 17.8 Å². The van der Waals surface area contributed by atoms with Crippen molar-refractivity contribution < 1.29 is 14.3 Å². The van der Waals surface area contributed by atoms with Gasteiger partial charge in [-0.25, -0.2) is 4.79 Å². The molecule has 1 aromatic carbocycles. The Bertz CT molecular complexity index is 783. The summed E-state index contributed by atoms with van der Waals surface area (Å²) >= 11 is 3.18. The topological polar surface area (TPSA) is 55.4 Å². The maximum Gasteiger partial charge on any atom is 0.341 e. The molecule has 0 spiro atoms. The van der Waals surface area contributed by atoms with Crippen molar-refractivity contribution in [2.75, 3.05) is 18.2 Å². The predicted octanol–water partition coefficient (Wildman–Crippen LogP) is 4.39. The molecule has 0 saturated heterocycles. The Hall–Kier alpha value is -1.79. The van der Waals surface area contributed by atoms with Gasteiger partial charge in [-0.15, -0.1) is 23.1 Å². The summed E-state index contributed by atoms with van der Waals surface area (Å²) < 4.78 is 4.91. The number of esters is 1. The average Bonchev–Trinajstić information content (AvgIpc) is 3.15. The van der Waals surface area contributed by atoms with Crippen LogP contribution in [0.25, 0.3) is 0 Å². The molecule has 0 bridgehead atoms. The van der Waals surface area contributed by atoms with E-state index in [-0.39, 0.29) is 11.9 Å². The van der Waals surface area contributed by atoms with Gasteiger partial charge in [-0.1, -0.05) is 13.0 Å². The van der Waals surface area contributed by atoms with Crippen molar-refractivity contribution >= 4 is 40.0 Å². The Morgan fingerprint density at radius 3 is 2.92 bits per heavy atom. The van der Waals surface area contributed by atoms with Gasteiger partial charge in [0, 0.05) is 15.3 Å². The quantitative estimate of drug-likeness (QED) is 0.634.